The summed E-state index contributed by atoms with van der Waals surface area (Å²) in [5.74, 6) is 0.626. The molecule has 98 valence electrons. The van der Waals surface area contributed by atoms with Crippen LogP contribution in [0.4, 0.5) is 0 Å². The fourth-order valence-corrected chi connectivity index (χ4v) is 2.96. The number of Topliss-reactive ketones (excluding diaryl/α,β-unsaturated/α-hetero) is 1. The second kappa shape index (κ2) is 4.86. The van der Waals surface area contributed by atoms with Crippen LogP contribution in [0.25, 0.3) is 0 Å². The van der Waals surface area contributed by atoms with E-state index in [0.717, 1.165) is 38.9 Å². The Hall–Kier alpha value is -1.13. The molecule has 0 amide bonds. The lowest BCUT2D eigenvalue weighted by Crippen LogP contribution is -2.45. The highest BCUT2D eigenvalue weighted by Gasteiger charge is 2.41. The van der Waals surface area contributed by atoms with Crippen LogP contribution >= 0.6 is 0 Å². The summed E-state index contributed by atoms with van der Waals surface area (Å²) in [6.45, 7) is 2.14. The summed E-state index contributed by atoms with van der Waals surface area (Å²) < 4.78 is 16.5. The Kier molecular flexibility index (Phi) is 3.22. The molecule has 4 nitrogen and oxygen atoms in total. The van der Waals surface area contributed by atoms with Crippen molar-refractivity contribution in [3.8, 4) is 0 Å². The summed E-state index contributed by atoms with van der Waals surface area (Å²) in [5, 5.41) is 0. The van der Waals surface area contributed by atoms with Gasteiger partial charge in [-0.15, -0.1) is 0 Å². The molecule has 1 aromatic rings. The topological polar surface area (TPSA) is 48.7 Å². The maximum absolute atomic E-state index is 12.3. The van der Waals surface area contributed by atoms with Gasteiger partial charge in [-0.3, -0.25) is 4.79 Å². The van der Waals surface area contributed by atoms with E-state index in [1.807, 2.05) is 0 Å². The molecule has 3 rings (SSSR count). The van der Waals surface area contributed by atoms with Crippen LogP contribution in [0, 0.1) is 5.92 Å². The summed E-state index contributed by atoms with van der Waals surface area (Å²) in [6.07, 6.45) is 4.94. The monoisotopic (exact) mass is 250 g/mol. The SMILES string of the molecule is O=C(c1ccco1)C1CCOC2(CCOCC2)C1. The molecule has 0 N–H and O–H groups in total. The Morgan fingerprint density at radius 3 is 2.83 bits per heavy atom. The molecule has 0 aliphatic carbocycles. The number of furan rings is 1. The van der Waals surface area contributed by atoms with Crippen LogP contribution in [-0.4, -0.2) is 31.2 Å². The lowest BCUT2D eigenvalue weighted by atomic mass is 9.79. The smallest absolute Gasteiger partial charge is 0.201 e. The number of hydrogen-bond acceptors (Lipinski definition) is 4. The molecule has 1 spiro atoms. The first-order valence-corrected chi connectivity index (χ1v) is 6.59. The molecular weight excluding hydrogens is 232 g/mol. The zero-order valence-electron chi connectivity index (χ0n) is 10.4. The Balaban J connectivity index is 1.72. The summed E-state index contributed by atoms with van der Waals surface area (Å²) in [7, 11) is 0. The van der Waals surface area contributed by atoms with E-state index in [2.05, 4.69) is 0 Å². The Morgan fingerprint density at radius 1 is 1.28 bits per heavy atom. The molecule has 2 aliphatic heterocycles. The van der Waals surface area contributed by atoms with Crippen LogP contribution in [-0.2, 0) is 9.47 Å². The van der Waals surface area contributed by atoms with Crippen LogP contribution in [0.5, 0.6) is 0 Å². The molecule has 0 bridgehead atoms. The van der Waals surface area contributed by atoms with Crippen LogP contribution in [0.2, 0.25) is 0 Å². The van der Waals surface area contributed by atoms with Gasteiger partial charge in [-0.25, -0.2) is 0 Å². The van der Waals surface area contributed by atoms with E-state index >= 15 is 0 Å². The largest absolute Gasteiger partial charge is 0.461 e. The summed E-state index contributed by atoms with van der Waals surface area (Å²) in [5.41, 5.74) is -0.135. The highest BCUT2D eigenvalue weighted by Crippen LogP contribution is 2.38. The molecule has 2 fully saturated rings. The zero-order valence-corrected chi connectivity index (χ0v) is 10.4. The Morgan fingerprint density at radius 2 is 2.11 bits per heavy atom. The fraction of sp³-hybridized carbons (Fsp3) is 0.643. The number of rotatable bonds is 2. The lowest BCUT2D eigenvalue weighted by Gasteiger charge is -2.42. The molecular formula is C14H18O4. The third-order valence-electron chi connectivity index (χ3n) is 4.03. The lowest BCUT2D eigenvalue weighted by molar-refractivity contribution is -0.142. The van der Waals surface area contributed by atoms with E-state index in [0.29, 0.717) is 12.4 Å². The van der Waals surface area contributed by atoms with Crippen LogP contribution in [0.3, 0.4) is 0 Å². The molecule has 1 aromatic heterocycles. The van der Waals surface area contributed by atoms with E-state index in [9.17, 15) is 4.79 Å². The van der Waals surface area contributed by atoms with Gasteiger partial charge in [0.1, 0.15) is 0 Å². The molecule has 0 radical (unpaired) electrons. The second-order valence-corrected chi connectivity index (χ2v) is 5.18. The first kappa shape index (κ1) is 11.9. The van der Waals surface area contributed by atoms with Crippen LogP contribution < -0.4 is 0 Å². The quantitative estimate of drug-likeness (QED) is 0.756. The molecule has 4 heteroatoms. The first-order valence-electron chi connectivity index (χ1n) is 6.59. The summed E-state index contributed by atoms with van der Waals surface area (Å²) >= 11 is 0. The standard InChI is InChI=1S/C14H18O4/c15-13(12-2-1-6-17-12)11-3-7-18-14(10-11)4-8-16-9-5-14/h1-2,6,11H,3-5,7-10H2. The average molecular weight is 250 g/mol. The van der Waals surface area contributed by atoms with Gasteiger partial charge in [-0.1, -0.05) is 0 Å². The van der Waals surface area contributed by atoms with Crippen molar-refractivity contribution in [3.05, 3.63) is 24.2 Å². The van der Waals surface area contributed by atoms with E-state index in [4.69, 9.17) is 13.9 Å². The Bertz CT molecular complexity index is 398. The van der Waals surface area contributed by atoms with Crippen molar-refractivity contribution in [1.82, 2.24) is 0 Å². The van der Waals surface area contributed by atoms with Gasteiger partial charge >= 0.3 is 0 Å². The normalized spacial score (nSPS) is 27.2. The molecule has 2 aliphatic rings. The third-order valence-corrected chi connectivity index (χ3v) is 4.03. The first-order chi connectivity index (χ1) is 8.79. The van der Waals surface area contributed by atoms with Gasteiger partial charge in [-0.2, -0.15) is 0 Å². The third kappa shape index (κ3) is 2.22. The van der Waals surface area contributed by atoms with Gasteiger partial charge in [0.15, 0.2) is 5.76 Å². The fourth-order valence-electron chi connectivity index (χ4n) is 2.96. The van der Waals surface area contributed by atoms with Gasteiger partial charge in [0.2, 0.25) is 5.78 Å². The van der Waals surface area contributed by atoms with E-state index in [-0.39, 0.29) is 17.3 Å². The predicted molar refractivity (Wildman–Crippen MR) is 64.5 cm³/mol. The maximum atomic E-state index is 12.3. The molecule has 0 aromatic carbocycles. The van der Waals surface area contributed by atoms with Gasteiger partial charge in [-0.05, 0) is 37.8 Å². The zero-order chi connectivity index (χ0) is 12.4. The van der Waals surface area contributed by atoms with Crippen molar-refractivity contribution in [3.63, 3.8) is 0 Å². The molecule has 1 atom stereocenters. The van der Waals surface area contributed by atoms with E-state index in [1.165, 1.54) is 0 Å². The predicted octanol–water partition coefficient (Wildman–Crippen LogP) is 2.44. The number of carbonyl (C=O) groups excluding carboxylic acids is 1. The highest BCUT2D eigenvalue weighted by atomic mass is 16.5. The number of ether oxygens (including phenoxy) is 2. The second-order valence-electron chi connectivity index (χ2n) is 5.18. The molecule has 0 saturated carbocycles. The number of ketones is 1. The van der Waals surface area contributed by atoms with Gasteiger partial charge < -0.3 is 13.9 Å². The van der Waals surface area contributed by atoms with Crippen LogP contribution in [0.15, 0.2) is 22.8 Å². The number of hydrogen-bond donors (Lipinski definition) is 0. The van der Waals surface area contributed by atoms with Crippen LogP contribution in [0.1, 0.15) is 36.2 Å². The molecule has 18 heavy (non-hydrogen) atoms. The van der Waals surface area contributed by atoms with E-state index < -0.39 is 0 Å². The maximum Gasteiger partial charge on any atom is 0.201 e. The summed E-state index contributed by atoms with van der Waals surface area (Å²) in [4.78, 5) is 12.3. The van der Waals surface area contributed by atoms with Gasteiger partial charge in [0, 0.05) is 25.7 Å². The molecule has 1 unspecified atom stereocenters. The minimum Gasteiger partial charge on any atom is -0.461 e. The Labute approximate surface area is 106 Å². The van der Waals surface area contributed by atoms with Crippen molar-refractivity contribution in [2.75, 3.05) is 19.8 Å². The minimum atomic E-state index is -0.135. The summed E-state index contributed by atoms with van der Waals surface area (Å²) in [6, 6.07) is 3.51. The molecule has 2 saturated heterocycles. The van der Waals surface area contributed by atoms with E-state index in [1.54, 1.807) is 18.4 Å². The van der Waals surface area contributed by atoms with Crippen molar-refractivity contribution in [2.24, 2.45) is 5.92 Å². The highest BCUT2D eigenvalue weighted by molar-refractivity contribution is 5.95. The van der Waals surface area contributed by atoms with Crippen molar-refractivity contribution in [1.29, 1.82) is 0 Å². The minimum absolute atomic E-state index is 0.0306. The molecule has 3 heterocycles. The van der Waals surface area contributed by atoms with Gasteiger partial charge in [0.05, 0.1) is 11.9 Å². The average Bonchev–Trinajstić information content (AvgIpc) is 2.93. The van der Waals surface area contributed by atoms with Crippen molar-refractivity contribution in [2.45, 2.75) is 31.3 Å². The van der Waals surface area contributed by atoms with Gasteiger partial charge in [0.25, 0.3) is 0 Å². The van der Waals surface area contributed by atoms with Crippen molar-refractivity contribution >= 4 is 5.78 Å². The number of carbonyl (C=O) groups is 1. The van der Waals surface area contributed by atoms with Crippen molar-refractivity contribution < 1.29 is 18.7 Å².